The van der Waals surface area contributed by atoms with Gasteiger partial charge in [-0.2, -0.15) is 5.26 Å². The molecule has 1 aromatic heterocycles. The number of carbonyl (C=O) groups excluding carboxylic acids is 1. The molecule has 0 aliphatic heterocycles. The van der Waals surface area contributed by atoms with Crippen molar-refractivity contribution in [2.45, 2.75) is 6.42 Å². The Balaban J connectivity index is 1.59. The maximum absolute atomic E-state index is 12.3. The van der Waals surface area contributed by atoms with E-state index in [1.54, 1.807) is 36.5 Å². The second-order valence-corrected chi connectivity index (χ2v) is 5.74. The van der Waals surface area contributed by atoms with E-state index < -0.39 is 0 Å². The number of hydrogen-bond donors (Lipinski definition) is 2. The molecule has 128 valence electrons. The van der Waals surface area contributed by atoms with E-state index in [0.29, 0.717) is 16.9 Å². The van der Waals surface area contributed by atoms with Crippen LogP contribution in [0.25, 0.3) is 0 Å². The van der Waals surface area contributed by atoms with Crippen LogP contribution in [0.1, 0.15) is 21.6 Å². The van der Waals surface area contributed by atoms with Crippen molar-refractivity contribution < 1.29 is 4.79 Å². The van der Waals surface area contributed by atoms with Gasteiger partial charge in [0, 0.05) is 24.1 Å². The van der Waals surface area contributed by atoms with E-state index in [2.05, 4.69) is 27.8 Å². The van der Waals surface area contributed by atoms with Gasteiger partial charge in [0.15, 0.2) is 0 Å². The lowest BCUT2D eigenvalue weighted by Crippen LogP contribution is -2.14. The van der Waals surface area contributed by atoms with Crippen LogP contribution in [-0.4, -0.2) is 17.4 Å². The predicted molar refractivity (Wildman–Crippen MR) is 102 cm³/mol. The highest BCUT2D eigenvalue weighted by atomic mass is 16.1. The van der Waals surface area contributed by atoms with Gasteiger partial charge in [-0.1, -0.05) is 30.3 Å². The van der Waals surface area contributed by atoms with E-state index in [1.807, 2.05) is 30.3 Å². The van der Waals surface area contributed by atoms with E-state index in [1.165, 1.54) is 5.56 Å². The Morgan fingerprint density at radius 2 is 1.77 bits per heavy atom. The highest BCUT2D eigenvalue weighted by molar-refractivity contribution is 6.03. The molecule has 0 unspecified atom stereocenters. The summed E-state index contributed by atoms with van der Waals surface area (Å²) in [5, 5.41) is 14.9. The topological polar surface area (TPSA) is 77.8 Å². The van der Waals surface area contributed by atoms with Crippen LogP contribution in [0.15, 0.2) is 72.9 Å². The number of nitriles is 1. The van der Waals surface area contributed by atoms with Crippen LogP contribution in [0.2, 0.25) is 0 Å². The third kappa shape index (κ3) is 4.68. The zero-order chi connectivity index (χ0) is 18.2. The van der Waals surface area contributed by atoms with Gasteiger partial charge in [0.1, 0.15) is 5.69 Å². The third-order valence-corrected chi connectivity index (χ3v) is 3.85. The summed E-state index contributed by atoms with van der Waals surface area (Å²) in [6.45, 7) is 0.769. The summed E-state index contributed by atoms with van der Waals surface area (Å²) in [5.41, 5.74) is 3.61. The minimum atomic E-state index is -0.290. The molecule has 0 fully saturated rings. The quantitative estimate of drug-likeness (QED) is 0.713. The van der Waals surface area contributed by atoms with Crippen LogP contribution >= 0.6 is 0 Å². The summed E-state index contributed by atoms with van der Waals surface area (Å²) < 4.78 is 0. The standard InChI is InChI=1S/C21H18N4O/c22-15-17-6-8-18(9-7-17)25-21(26)20-14-19(11-13-24-20)23-12-10-16-4-2-1-3-5-16/h1-9,11,13-14H,10,12H2,(H,23,24)(H,25,26). The van der Waals surface area contributed by atoms with Crippen molar-refractivity contribution in [3.05, 3.63) is 89.7 Å². The number of nitrogens with zero attached hydrogens (tertiary/aromatic N) is 2. The third-order valence-electron chi connectivity index (χ3n) is 3.85. The second-order valence-electron chi connectivity index (χ2n) is 5.74. The number of anilines is 2. The lowest BCUT2D eigenvalue weighted by atomic mass is 10.1. The molecule has 2 N–H and O–H groups in total. The Hall–Kier alpha value is -3.65. The fourth-order valence-corrected chi connectivity index (χ4v) is 2.48. The summed E-state index contributed by atoms with van der Waals surface area (Å²) >= 11 is 0. The van der Waals surface area contributed by atoms with Gasteiger partial charge < -0.3 is 10.6 Å². The maximum atomic E-state index is 12.3. The highest BCUT2D eigenvalue weighted by Crippen LogP contribution is 2.13. The first-order valence-electron chi connectivity index (χ1n) is 8.30. The zero-order valence-corrected chi connectivity index (χ0v) is 14.1. The number of benzene rings is 2. The first-order chi connectivity index (χ1) is 12.7. The van der Waals surface area contributed by atoms with Crippen molar-refractivity contribution >= 4 is 17.3 Å². The van der Waals surface area contributed by atoms with Crippen molar-refractivity contribution in [2.24, 2.45) is 0 Å². The molecule has 5 nitrogen and oxygen atoms in total. The molecule has 0 bridgehead atoms. The summed E-state index contributed by atoms with van der Waals surface area (Å²) in [4.78, 5) is 16.5. The number of pyridine rings is 1. The number of nitrogens with one attached hydrogen (secondary N) is 2. The lowest BCUT2D eigenvalue weighted by Gasteiger charge is -2.09. The van der Waals surface area contributed by atoms with Crippen LogP contribution < -0.4 is 10.6 Å². The Morgan fingerprint density at radius 3 is 2.50 bits per heavy atom. The Bertz CT molecular complexity index is 915. The van der Waals surface area contributed by atoms with Gasteiger partial charge in [-0.3, -0.25) is 9.78 Å². The van der Waals surface area contributed by atoms with E-state index >= 15 is 0 Å². The first kappa shape index (κ1) is 17.2. The maximum Gasteiger partial charge on any atom is 0.274 e. The molecule has 0 aliphatic rings. The number of hydrogen-bond acceptors (Lipinski definition) is 4. The molecular weight excluding hydrogens is 324 g/mol. The van der Waals surface area contributed by atoms with Crippen molar-refractivity contribution in [2.75, 3.05) is 17.2 Å². The number of rotatable bonds is 6. The van der Waals surface area contributed by atoms with Gasteiger partial charge in [-0.15, -0.1) is 0 Å². The van der Waals surface area contributed by atoms with Crippen LogP contribution in [0.4, 0.5) is 11.4 Å². The molecule has 0 saturated carbocycles. The molecule has 0 spiro atoms. The minimum Gasteiger partial charge on any atom is -0.385 e. The zero-order valence-electron chi connectivity index (χ0n) is 14.1. The smallest absolute Gasteiger partial charge is 0.274 e. The van der Waals surface area contributed by atoms with Gasteiger partial charge in [-0.05, 0) is 48.4 Å². The molecule has 0 aliphatic carbocycles. The number of aromatic nitrogens is 1. The van der Waals surface area contributed by atoms with Crippen molar-refractivity contribution in [3.8, 4) is 6.07 Å². The van der Waals surface area contributed by atoms with Gasteiger partial charge in [0.05, 0.1) is 11.6 Å². The van der Waals surface area contributed by atoms with E-state index in [9.17, 15) is 4.79 Å². The molecule has 1 heterocycles. The number of carbonyl (C=O) groups is 1. The summed E-state index contributed by atoms with van der Waals surface area (Å²) in [6.07, 6.45) is 2.51. The molecule has 0 atom stereocenters. The molecule has 3 aromatic rings. The van der Waals surface area contributed by atoms with E-state index in [4.69, 9.17) is 5.26 Å². The Morgan fingerprint density at radius 1 is 1.00 bits per heavy atom. The molecule has 26 heavy (non-hydrogen) atoms. The van der Waals surface area contributed by atoms with Crippen molar-refractivity contribution in [3.63, 3.8) is 0 Å². The fraction of sp³-hybridized carbons (Fsp3) is 0.0952. The molecule has 3 rings (SSSR count). The number of amides is 1. The van der Waals surface area contributed by atoms with Crippen LogP contribution in [-0.2, 0) is 6.42 Å². The van der Waals surface area contributed by atoms with Crippen LogP contribution in [0.5, 0.6) is 0 Å². The summed E-state index contributed by atoms with van der Waals surface area (Å²) in [7, 11) is 0. The Kier molecular flexibility index (Phi) is 5.58. The van der Waals surface area contributed by atoms with Gasteiger partial charge in [0.25, 0.3) is 5.91 Å². The van der Waals surface area contributed by atoms with Gasteiger partial charge >= 0.3 is 0 Å². The van der Waals surface area contributed by atoms with Crippen LogP contribution in [0, 0.1) is 11.3 Å². The SMILES string of the molecule is N#Cc1ccc(NC(=O)c2cc(NCCc3ccccc3)ccn2)cc1. The average molecular weight is 342 g/mol. The highest BCUT2D eigenvalue weighted by Gasteiger charge is 2.08. The Labute approximate surface area is 152 Å². The fourth-order valence-electron chi connectivity index (χ4n) is 2.48. The molecule has 0 saturated heterocycles. The predicted octanol–water partition coefficient (Wildman–Crippen LogP) is 3.86. The average Bonchev–Trinajstić information content (AvgIpc) is 2.69. The summed E-state index contributed by atoms with van der Waals surface area (Å²) in [5.74, 6) is -0.290. The second kappa shape index (κ2) is 8.45. The molecule has 0 radical (unpaired) electrons. The van der Waals surface area contributed by atoms with E-state index in [-0.39, 0.29) is 5.91 Å². The minimum absolute atomic E-state index is 0.290. The largest absolute Gasteiger partial charge is 0.385 e. The monoisotopic (exact) mass is 342 g/mol. The van der Waals surface area contributed by atoms with Crippen molar-refractivity contribution in [1.82, 2.24) is 4.98 Å². The van der Waals surface area contributed by atoms with Gasteiger partial charge in [-0.25, -0.2) is 0 Å². The van der Waals surface area contributed by atoms with Gasteiger partial charge in [0.2, 0.25) is 0 Å². The lowest BCUT2D eigenvalue weighted by molar-refractivity contribution is 0.102. The normalized spacial score (nSPS) is 9.96. The molecular formula is C21H18N4O. The first-order valence-corrected chi connectivity index (χ1v) is 8.30. The molecule has 1 amide bonds. The molecule has 2 aromatic carbocycles. The van der Waals surface area contributed by atoms with Crippen molar-refractivity contribution in [1.29, 1.82) is 5.26 Å². The van der Waals surface area contributed by atoms with Crippen LogP contribution in [0.3, 0.4) is 0 Å². The summed E-state index contributed by atoms with van der Waals surface area (Å²) in [6, 6.07) is 22.5. The molecule has 5 heteroatoms. The van der Waals surface area contributed by atoms with E-state index in [0.717, 1.165) is 18.7 Å².